The molecule has 0 bridgehead atoms. The number of anilines is 1. The smallest absolute Gasteiger partial charge is 0.368 e. The van der Waals surface area contributed by atoms with Crippen LogP contribution in [0.15, 0.2) is 53.4 Å². The van der Waals surface area contributed by atoms with E-state index in [1.165, 1.54) is 4.90 Å². The molecule has 0 aliphatic carbocycles. The summed E-state index contributed by atoms with van der Waals surface area (Å²) in [5.74, 6) is -1.57. The van der Waals surface area contributed by atoms with Crippen molar-refractivity contribution in [3.05, 3.63) is 70.1 Å². The Morgan fingerprint density at radius 3 is 2.14 bits per heavy atom. The first kappa shape index (κ1) is 26.6. The van der Waals surface area contributed by atoms with Crippen LogP contribution in [0.2, 0.25) is 0 Å². The van der Waals surface area contributed by atoms with Crippen molar-refractivity contribution >= 4 is 40.6 Å². The van der Waals surface area contributed by atoms with E-state index in [2.05, 4.69) is 4.90 Å². The summed E-state index contributed by atoms with van der Waals surface area (Å²) >= 11 is 0.267. The van der Waals surface area contributed by atoms with E-state index in [0.717, 1.165) is 5.69 Å². The predicted molar refractivity (Wildman–Crippen MR) is 124 cm³/mol. The molecule has 3 amide bonds. The van der Waals surface area contributed by atoms with Crippen molar-refractivity contribution in [1.82, 2.24) is 9.80 Å². The van der Waals surface area contributed by atoms with Gasteiger partial charge in [0.05, 0.1) is 16.0 Å². The average molecular weight is 543 g/mol. The average Bonchev–Trinajstić information content (AvgIpc) is 3.10. The summed E-state index contributed by atoms with van der Waals surface area (Å²) in [6.45, 7) is 1.08. The number of amides is 3. The number of rotatable bonds is 4. The molecule has 0 N–H and O–H groups in total. The molecule has 0 saturated carbocycles. The first-order valence-electron chi connectivity index (χ1n) is 11.0. The second-order valence-corrected chi connectivity index (χ2v) is 9.26. The standard InChI is InChI=1S/C24H19F6N3O3S/c25-23(26,27)16-6-7-18(24(28,29)30)15(12-16)13-19-21(35)33(22(36)37-19)14-20(34)32-10-8-31(9-11-32)17-4-2-1-3-5-17/h1-7,12-13H,8-11,14H2. The van der Waals surface area contributed by atoms with Gasteiger partial charge in [-0.3, -0.25) is 19.3 Å². The summed E-state index contributed by atoms with van der Waals surface area (Å²) in [7, 11) is 0. The van der Waals surface area contributed by atoms with E-state index in [0.29, 0.717) is 43.2 Å². The molecule has 0 aromatic heterocycles. The van der Waals surface area contributed by atoms with Gasteiger partial charge in [-0.15, -0.1) is 0 Å². The highest BCUT2D eigenvalue weighted by Gasteiger charge is 2.40. The minimum atomic E-state index is -5.00. The lowest BCUT2D eigenvalue weighted by molar-refractivity contribution is -0.141. The highest BCUT2D eigenvalue weighted by Crippen LogP contribution is 2.39. The summed E-state index contributed by atoms with van der Waals surface area (Å²) in [5.41, 5.74) is -2.65. The Balaban J connectivity index is 1.48. The van der Waals surface area contributed by atoms with E-state index >= 15 is 0 Å². The molecule has 13 heteroatoms. The van der Waals surface area contributed by atoms with Crippen molar-refractivity contribution in [2.45, 2.75) is 12.4 Å². The molecule has 196 valence electrons. The number of carbonyl (C=O) groups excluding carboxylic acids is 3. The maximum Gasteiger partial charge on any atom is 0.416 e. The van der Waals surface area contributed by atoms with Gasteiger partial charge in [-0.25, -0.2) is 0 Å². The van der Waals surface area contributed by atoms with Gasteiger partial charge in [0.25, 0.3) is 11.1 Å². The van der Waals surface area contributed by atoms with E-state index in [9.17, 15) is 40.7 Å². The van der Waals surface area contributed by atoms with Crippen molar-refractivity contribution in [1.29, 1.82) is 0 Å². The summed E-state index contributed by atoms with van der Waals surface area (Å²) in [6.07, 6.45) is -9.31. The fourth-order valence-electron chi connectivity index (χ4n) is 3.98. The fourth-order valence-corrected chi connectivity index (χ4v) is 4.81. The predicted octanol–water partition coefficient (Wildman–Crippen LogP) is 5.11. The monoisotopic (exact) mass is 543 g/mol. The fraction of sp³-hybridized carbons (Fsp3) is 0.292. The van der Waals surface area contributed by atoms with Crippen LogP contribution in [-0.2, 0) is 21.9 Å². The number of alkyl halides is 6. The van der Waals surface area contributed by atoms with Gasteiger partial charge in [-0.05, 0) is 53.7 Å². The summed E-state index contributed by atoms with van der Waals surface area (Å²) in [4.78, 5) is 41.5. The molecule has 2 aromatic carbocycles. The van der Waals surface area contributed by atoms with Crippen LogP contribution in [-0.4, -0.2) is 59.6 Å². The Morgan fingerprint density at radius 1 is 0.892 bits per heavy atom. The zero-order chi connectivity index (χ0) is 27.0. The zero-order valence-corrected chi connectivity index (χ0v) is 19.8. The van der Waals surface area contributed by atoms with Crippen LogP contribution < -0.4 is 4.90 Å². The van der Waals surface area contributed by atoms with Crippen LogP contribution in [0.5, 0.6) is 0 Å². The Morgan fingerprint density at radius 2 is 1.54 bits per heavy atom. The Kier molecular flexibility index (Phi) is 7.27. The van der Waals surface area contributed by atoms with E-state index in [4.69, 9.17) is 0 Å². The van der Waals surface area contributed by atoms with Crippen molar-refractivity contribution in [2.75, 3.05) is 37.6 Å². The molecule has 0 spiro atoms. The quantitative estimate of drug-likeness (QED) is 0.397. The van der Waals surface area contributed by atoms with Crippen molar-refractivity contribution in [2.24, 2.45) is 0 Å². The third-order valence-corrected chi connectivity index (χ3v) is 6.80. The molecule has 4 rings (SSSR count). The Labute approximate surface area is 211 Å². The second kappa shape index (κ2) is 10.1. The first-order valence-corrected chi connectivity index (χ1v) is 11.8. The number of benzene rings is 2. The largest absolute Gasteiger partial charge is 0.416 e. The third-order valence-electron chi connectivity index (χ3n) is 5.89. The summed E-state index contributed by atoms with van der Waals surface area (Å²) < 4.78 is 79.4. The second-order valence-electron chi connectivity index (χ2n) is 8.27. The van der Waals surface area contributed by atoms with Gasteiger partial charge in [-0.1, -0.05) is 18.2 Å². The number of halogens is 6. The highest BCUT2D eigenvalue weighted by atomic mass is 32.2. The van der Waals surface area contributed by atoms with Crippen LogP contribution in [0.25, 0.3) is 6.08 Å². The maximum absolute atomic E-state index is 13.4. The maximum atomic E-state index is 13.4. The summed E-state index contributed by atoms with van der Waals surface area (Å²) in [6, 6.07) is 10.4. The van der Waals surface area contributed by atoms with Crippen LogP contribution in [0.4, 0.5) is 36.8 Å². The number of nitrogens with zero attached hydrogens (tertiary/aromatic N) is 3. The van der Waals surface area contributed by atoms with Gasteiger partial charge >= 0.3 is 12.4 Å². The number of thioether (sulfide) groups is 1. The lowest BCUT2D eigenvalue weighted by Crippen LogP contribution is -2.51. The molecular formula is C24H19F6N3O3S. The van der Waals surface area contributed by atoms with Crippen molar-refractivity contribution < 1.29 is 40.7 Å². The molecule has 0 radical (unpaired) electrons. The van der Waals surface area contributed by atoms with E-state index in [1.54, 1.807) is 0 Å². The molecular weight excluding hydrogens is 524 g/mol. The van der Waals surface area contributed by atoms with Gasteiger partial charge in [-0.2, -0.15) is 26.3 Å². The molecule has 2 aliphatic rings. The minimum absolute atomic E-state index is 0.267. The van der Waals surface area contributed by atoms with Crippen LogP contribution in [0.1, 0.15) is 16.7 Å². The Hall–Kier alpha value is -3.48. The van der Waals surface area contributed by atoms with Gasteiger partial charge in [0, 0.05) is 31.9 Å². The van der Waals surface area contributed by atoms with Gasteiger partial charge in [0.1, 0.15) is 6.54 Å². The molecule has 2 fully saturated rings. The lowest BCUT2D eigenvalue weighted by atomic mass is 10.0. The molecule has 0 atom stereocenters. The Bertz CT molecular complexity index is 1240. The van der Waals surface area contributed by atoms with Crippen molar-refractivity contribution in [3.63, 3.8) is 0 Å². The normalized spacial score (nSPS) is 18.2. The van der Waals surface area contributed by atoms with E-state index in [1.807, 2.05) is 30.3 Å². The SMILES string of the molecule is O=C(CN1C(=O)SC(=Cc2cc(C(F)(F)F)ccc2C(F)(F)F)C1=O)N1CCN(c2ccccc2)CC1. The molecule has 6 nitrogen and oxygen atoms in total. The molecule has 2 aromatic rings. The lowest BCUT2D eigenvalue weighted by Gasteiger charge is -2.36. The third kappa shape index (κ3) is 5.92. The molecule has 2 heterocycles. The molecule has 0 unspecified atom stereocenters. The number of carbonyl (C=O) groups is 3. The summed E-state index contributed by atoms with van der Waals surface area (Å²) in [5, 5.41) is -0.895. The number of para-hydroxylation sites is 1. The molecule has 2 aliphatic heterocycles. The highest BCUT2D eigenvalue weighted by molar-refractivity contribution is 8.18. The topological polar surface area (TPSA) is 60.9 Å². The van der Waals surface area contributed by atoms with Gasteiger partial charge in [0.15, 0.2) is 0 Å². The number of hydrogen-bond donors (Lipinski definition) is 0. The van der Waals surface area contributed by atoms with E-state index in [-0.39, 0.29) is 23.9 Å². The van der Waals surface area contributed by atoms with Crippen LogP contribution >= 0.6 is 11.8 Å². The number of imide groups is 1. The number of piperazine rings is 1. The van der Waals surface area contributed by atoms with E-state index < -0.39 is 57.5 Å². The molecule has 2 saturated heterocycles. The van der Waals surface area contributed by atoms with Gasteiger partial charge in [0.2, 0.25) is 5.91 Å². The van der Waals surface area contributed by atoms with Crippen LogP contribution in [0.3, 0.4) is 0 Å². The van der Waals surface area contributed by atoms with Crippen LogP contribution in [0, 0.1) is 0 Å². The minimum Gasteiger partial charge on any atom is -0.368 e. The zero-order valence-electron chi connectivity index (χ0n) is 19.0. The van der Waals surface area contributed by atoms with Crippen molar-refractivity contribution in [3.8, 4) is 0 Å². The molecule has 37 heavy (non-hydrogen) atoms. The first-order chi connectivity index (χ1) is 17.3. The number of hydrogen-bond acceptors (Lipinski definition) is 5. The van der Waals surface area contributed by atoms with Gasteiger partial charge < -0.3 is 9.80 Å².